The van der Waals surface area contributed by atoms with Crippen LogP contribution in [0.4, 0.5) is 0 Å². The molecule has 5 nitrogen and oxygen atoms in total. The SMILES string of the molecule is CCCCc1ccc2n1C(c1ccc(-c3ccccc3-c3nn[nH]n3)cc1)CC(Br)=C2. The van der Waals surface area contributed by atoms with Gasteiger partial charge in [-0.1, -0.05) is 77.8 Å². The maximum Gasteiger partial charge on any atom is 0.205 e. The van der Waals surface area contributed by atoms with E-state index in [1.807, 2.05) is 18.2 Å². The van der Waals surface area contributed by atoms with E-state index < -0.39 is 0 Å². The molecule has 156 valence electrons. The summed E-state index contributed by atoms with van der Waals surface area (Å²) in [6.45, 7) is 2.25. The van der Waals surface area contributed by atoms with Gasteiger partial charge in [0.05, 0.1) is 6.04 Å². The number of hydrogen-bond donors (Lipinski definition) is 1. The lowest BCUT2D eigenvalue weighted by Crippen LogP contribution is -2.18. The van der Waals surface area contributed by atoms with E-state index in [1.165, 1.54) is 34.3 Å². The van der Waals surface area contributed by atoms with Gasteiger partial charge in [0, 0.05) is 23.4 Å². The minimum Gasteiger partial charge on any atom is -0.337 e. The third-order valence-corrected chi connectivity index (χ3v) is 6.50. The monoisotopic (exact) mass is 473 g/mol. The first-order chi connectivity index (χ1) is 15.2. The first kappa shape index (κ1) is 19.9. The molecule has 1 N–H and O–H groups in total. The van der Waals surface area contributed by atoms with Crippen molar-refractivity contribution in [2.45, 2.75) is 38.6 Å². The lowest BCUT2D eigenvalue weighted by molar-refractivity contribution is 0.549. The summed E-state index contributed by atoms with van der Waals surface area (Å²) in [5.41, 5.74) is 7.24. The highest BCUT2D eigenvalue weighted by Crippen LogP contribution is 2.38. The van der Waals surface area contributed by atoms with Crippen LogP contribution in [-0.2, 0) is 6.42 Å². The first-order valence-electron chi connectivity index (χ1n) is 10.7. The molecule has 1 aliphatic rings. The highest BCUT2D eigenvalue weighted by atomic mass is 79.9. The number of allylic oxidation sites excluding steroid dienone is 1. The maximum absolute atomic E-state index is 4.16. The molecule has 0 saturated carbocycles. The first-order valence-corrected chi connectivity index (χ1v) is 11.5. The Labute approximate surface area is 190 Å². The summed E-state index contributed by atoms with van der Waals surface area (Å²) in [6, 6.07) is 21.9. The van der Waals surface area contributed by atoms with Crippen LogP contribution in [0.3, 0.4) is 0 Å². The van der Waals surface area contributed by atoms with Gasteiger partial charge in [-0.15, -0.1) is 10.2 Å². The Balaban J connectivity index is 1.50. The molecule has 0 radical (unpaired) electrons. The molecule has 1 aliphatic heterocycles. The Bertz CT molecular complexity index is 1210. The van der Waals surface area contributed by atoms with E-state index in [4.69, 9.17) is 0 Å². The average molecular weight is 474 g/mol. The van der Waals surface area contributed by atoms with Crippen LogP contribution in [-0.4, -0.2) is 25.2 Å². The molecule has 0 spiro atoms. The number of rotatable bonds is 6. The molecular formula is C25H24BrN5. The van der Waals surface area contributed by atoms with Crippen LogP contribution in [0.2, 0.25) is 0 Å². The van der Waals surface area contributed by atoms with E-state index in [0.717, 1.165) is 29.5 Å². The number of aryl methyl sites for hydroxylation is 1. The number of unbranched alkanes of at least 4 members (excludes halogenated alkanes) is 1. The Morgan fingerprint density at radius 1 is 1.03 bits per heavy atom. The molecule has 0 bridgehead atoms. The van der Waals surface area contributed by atoms with Gasteiger partial charge in [0.2, 0.25) is 5.82 Å². The Hall–Kier alpha value is -2.99. The zero-order chi connectivity index (χ0) is 21.2. The molecule has 1 atom stereocenters. The molecule has 31 heavy (non-hydrogen) atoms. The summed E-state index contributed by atoms with van der Waals surface area (Å²) >= 11 is 3.77. The molecule has 3 heterocycles. The minimum absolute atomic E-state index is 0.303. The van der Waals surface area contributed by atoms with Gasteiger partial charge in [-0.2, -0.15) is 5.21 Å². The zero-order valence-electron chi connectivity index (χ0n) is 17.4. The predicted molar refractivity (Wildman–Crippen MR) is 128 cm³/mol. The van der Waals surface area contributed by atoms with Crippen LogP contribution in [0.1, 0.15) is 49.2 Å². The van der Waals surface area contributed by atoms with Crippen molar-refractivity contribution in [3.63, 3.8) is 0 Å². The van der Waals surface area contributed by atoms with Gasteiger partial charge in [0.25, 0.3) is 0 Å². The van der Waals surface area contributed by atoms with E-state index in [1.54, 1.807) is 0 Å². The number of benzene rings is 2. The second kappa shape index (κ2) is 8.63. The molecule has 4 aromatic rings. The Morgan fingerprint density at radius 2 is 1.84 bits per heavy atom. The third-order valence-electron chi connectivity index (χ3n) is 5.94. The van der Waals surface area contributed by atoms with Crippen molar-refractivity contribution in [3.8, 4) is 22.5 Å². The number of halogens is 1. The summed E-state index contributed by atoms with van der Waals surface area (Å²) in [5.74, 6) is 0.610. The highest BCUT2D eigenvalue weighted by molar-refractivity contribution is 9.11. The van der Waals surface area contributed by atoms with Crippen molar-refractivity contribution in [2.75, 3.05) is 0 Å². The van der Waals surface area contributed by atoms with E-state index in [2.05, 4.69) is 96.6 Å². The van der Waals surface area contributed by atoms with Crippen LogP contribution in [0.5, 0.6) is 0 Å². The van der Waals surface area contributed by atoms with Gasteiger partial charge in [0.1, 0.15) is 0 Å². The molecule has 0 amide bonds. The normalized spacial score (nSPS) is 15.5. The third kappa shape index (κ3) is 3.88. The number of H-pyrrole nitrogens is 1. The molecule has 2 aromatic heterocycles. The van der Waals surface area contributed by atoms with Crippen molar-refractivity contribution >= 4 is 22.0 Å². The number of aromatic nitrogens is 5. The molecule has 0 aliphatic carbocycles. The summed E-state index contributed by atoms with van der Waals surface area (Å²) < 4.78 is 3.76. The van der Waals surface area contributed by atoms with Crippen molar-refractivity contribution in [2.24, 2.45) is 0 Å². The predicted octanol–water partition coefficient (Wildman–Crippen LogP) is 6.41. The fourth-order valence-corrected chi connectivity index (χ4v) is 4.96. The summed E-state index contributed by atoms with van der Waals surface area (Å²) in [5, 5.41) is 14.6. The van der Waals surface area contributed by atoms with Crippen LogP contribution >= 0.6 is 15.9 Å². The van der Waals surface area contributed by atoms with Crippen molar-refractivity contribution in [1.82, 2.24) is 25.2 Å². The van der Waals surface area contributed by atoms with Gasteiger partial charge >= 0.3 is 0 Å². The minimum atomic E-state index is 0.303. The van der Waals surface area contributed by atoms with Gasteiger partial charge in [-0.3, -0.25) is 0 Å². The number of hydrogen-bond acceptors (Lipinski definition) is 3. The lowest BCUT2D eigenvalue weighted by atomic mass is 9.95. The topological polar surface area (TPSA) is 59.4 Å². The van der Waals surface area contributed by atoms with Gasteiger partial charge < -0.3 is 4.57 Å². The molecule has 6 heteroatoms. The number of nitrogens with one attached hydrogen (secondary N) is 1. The molecule has 2 aromatic carbocycles. The fourth-order valence-electron chi connectivity index (χ4n) is 4.42. The highest BCUT2D eigenvalue weighted by Gasteiger charge is 2.24. The number of fused-ring (bicyclic) bond motifs is 1. The van der Waals surface area contributed by atoms with Gasteiger partial charge in [-0.05, 0) is 57.4 Å². The number of tetrazole rings is 1. The van der Waals surface area contributed by atoms with E-state index in [0.29, 0.717) is 11.9 Å². The second-order valence-corrected chi connectivity index (χ2v) is 8.96. The van der Waals surface area contributed by atoms with E-state index >= 15 is 0 Å². The van der Waals surface area contributed by atoms with Crippen molar-refractivity contribution < 1.29 is 0 Å². The van der Waals surface area contributed by atoms with Gasteiger partial charge in [0.15, 0.2) is 0 Å². The second-order valence-electron chi connectivity index (χ2n) is 7.94. The van der Waals surface area contributed by atoms with Crippen molar-refractivity contribution in [1.29, 1.82) is 0 Å². The van der Waals surface area contributed by atoms with Crippen LogP contribution in [0, 0.1) is 0 Å². The van der Waals surface area contributed by atoms with Crippen LogP contribution < -0.4 is 0 Å². The number of aromatic amines is 1. The van der Waals surface area contributed by atoms with Crippen molar-refractivity contribution in [3.05, 3.63) is 82.1 Å². The zero-order valence-corrected chi connectivity index (χ0v) is 19.0. The van der Waals surface area contributed by atoms with Crippen LogP contribution in [0.15, 0.2) is 65.1 Å². The lowest BCUT2D eigenvalue weighted by Gasteiger charge is -2.28. The average Bonchev–Trinajstić information content (AvgIpc) is 3.48. The summed E-state index contributed by atoms with van der Waals surface area (Å²) in [4.78, 5) is 0. The fraction of sp³-hybridized carbons (Fsp3) is 0.240. The van der Waals surface area contributed by atoms with Crippen LogP contribution in [0.25, 0.3) is 28.6 Å². The quantitative estimate of drug-likeness (QED) is 0.352. The smallest absolute Gasteiger partial charge is 0.205 e. The molecule has 1 unspecified atom stereocenters. The Kier molecular flexibility index (Phi) is 5.55. The van der Waals surface area contributed by atoms with E-state index in [-0.39, 0.29) is 0 Å². The maximum atomic E-state index is 4.16. The number of nitrogens with zero attached hydrogens (tertiary/aromatic N) is 4. The molecule has 0 fully saturated rings. The molecule has 0 saturated heterocycles. The largest absolute Gasteiger partial charge is 0.337 e. The molecular weight excluding hydrogens is 450 g/mol. The van der Waals surface area contributed by atoms with Gasteiger partial charge in [-0.25, -0.2) is 0 Å². The Morgan fingerprint density at radius 3 is 2.58 bits per heavy atom. The standard InChI is InChI=1S/C25H24BrN5/c1-2-3-6-20-13-14-21-15-19(26)16-24(31(20)21)18-11-9-17(10-12-18)22-7-4-5-8-23(22)25-27-29-30-28-25/h4-5,7-15,24H,2-3,6,16H2,1H3,(H,27,28,29,30). The summed E-state index contributed by atoms with van der Waals surface area (Å²) in [6.07, 6.45) is 6.77. The molecule has 5 rings (SSSR count). The summed E-state index contributed by atoms with van der Waals surface area (Å²) in [7, 11) is 0. The van der Waals surface area contributed by atoms with E-state index in [9.17, 15) is 0 Å².